The first-order valence-corrected chi connectivity index (χ1v) is 8.76. The number of hydrogen-bond donors (Lipinski definition) is 0. The maximum Gasteiger partial charge on any atom is 0.254 e. The van der Waals surface area contributed by atoms with Crippen molar-refractivity contribution < 1.29 is 14.3 Å². The molecule has 1 saturated carbocycles. The lowest BCUT2D eigenvalue weighted by Gasteiger charge is -2.35. The Kier molecular flexibility index (Phi) is 4.30. The lowest BCUT2D eigenvalue weighted by atomic mass is 9.98. The summed E-state index contributed by atoms with van der Waals surface area (Å²) in [4.78, 5) is 19.0. The number of benzene rings is 1. The molecule has 0 spiro atoms. The van der Waals surface area contributed by atoms with Crippen molar-refractivity contribution in [1.82, 2.24) is 9.88 Å². The number of carbonyl (C=O) groups excluding carboxylic acids is 1. The molecule has 2 heterocycles. The van der Waals surface area contributed by atoms with E-state index in [-0.39, 0.29) is 11.9 Å². The number of ether oxygens (including phenoxy) is 2. The summed E-state index contributed by atoms with van der Waals surface area (Å²) < 4.78 is 11.3. The van der Waals surface area contributed by atoms with Crippen LogP contribution in [0.25, 0.3) is 0 Å². The second-order valence-electron chi connectivity index (χ2n) is 6.73. The van der Waals surface area contributed by atoms with Gasteiger partial charge >= 0.3 is 0 Å². The van der Waals surface area contributed by atoms with Gasteiger partial charge in [0.15, 0.2) is 0 Å². The predicted octanol–water partition coefficient (Wildman–Crippen LogP) is 3.16. The smallest absolute Gasteiger partial charge is 0.254 e. The van der Waals surface area contributed by atoms with Crippen molar-refractivity contribution in [2.45, 2.75) is 31.3 Å². The van der Waals surface area contributed by atoms with Crippen LogP contribution in [0.4, 0.5) is 0 Å². The van der Waals surface area contributed by atoms with Crippen LogP contribution in [0, 0.1) is 5.92 Å². The Balaban J connectivity index is 1.50. The maximum absolute atomic E-state index is 13.0. The van der Waals surface area contributed by atoms with Gasteiger partial charge in [-0.1, -0.05) is 6.07 Å². The Morgan fingerprint density at radius 3 is 2.80 bits per heavy atom. The molecule has 2 bridgehead atoms. The third kappa shape index (κ3) is 3.06. The van der Waals surface area contributed by atoms with Crippen molar-refractivity contribution in [3.05, 3.63) is 54.4 Å². The molecule has 1 aromatic carbocycles. The summed E-state index contributed by atoms with van der Waals surface area (Å²) in [5, 5.41) is 0. The minimum Gasteiger partial charge on any atom is -0.497 e. The highest BCUT2D eigenvalue weighted by Gasteiger charge is 2.48. The number of aromatic nitrogens is 1. The van der Waals surface area contributed by atoms with E-state index in [1.165, 1.54) is 6.42 Å². The van der Waals surface area contributed by atoms with E-state index >= 15 is 0 Å². The van der Waals surface area contributed by atoms with Crippen LogP contribution in [0.2, 0.25) is 0 Å². The molecule has 1 saturated heterocycles. The van der Waals surface area contributed by atoms with Gasteiger partial charge in [-0.15, -0.1) is 0 Å². The van der Waals surface area contributed by atoms with Gasteiger partial charge in [0.25, 0.3) is 5.91 Å². The normalized spacial score (nSPS) is 24.4. The summed E-state index contributed by atoms with van der Waals surface area (Å²) in [5.74, 6) is 2.17. The van der Waals surface area contributed by atoms with E-state index in [1.807, 2.05) is 29.2 Å². The largest absolute Gasteiger partial charge is 0.497 e. The lowest BCUT2D eigenvalue weighted by molar-refractivity contribution is 0.0505. The standard InChI is InChI=1S/C20H22N2O3/c1-24-17-3-2-4-18(12-17)25-13-19-15-5-6-16(11-15)22(19)20(23)14-7-9-21-10-8-14/h2-4,7-10,12,15-16,19H,5-6,11,13H2,1H3/t15?,16?,19-/m0/s1. The number of nitrogens with zero attached hydrogens (tertiary/aromatic N) is 2. The van der Waals surface area contributed by atoms with Gasteiger partial charge in [0.2, 0.25) is 0 Å². The van der Waals surface area contributed by atoms with Gasteiger partial charge in [-0.3, -0.25) is 9.78 Å². The maximum atomic E-state index is 13.0. The highest BCUT2D eigenvalue weighted by Crippen LogP contribution is 2.43. The number of hydrogen-bond acceptors (Lipinski definition) is 4. The number of likely N-dealkylation sites (tertiary alicyclic amines) is 1. The molecule has 2 unspecified atom stereocenters. The Hall–Kier alpha value is -2.56. The summed E-state index contributed by atoms with van der Waals surface area (Å²) in [7, 11) is 1.64. The van der Waals surface area contributed by atoms with E-state index in [9.17, 15) is 4.79 Å². The van der Waals surface area contributed by atoms with Gasteiger partial charge in [0.05, 0.1) is 13.2 Å². The van der Waals surface area contributed by atoms with E-state index in [4.69, 9.17) is 9.47 Å². The minimum absolute atomic E-state index is 0.0915. The van der Waals surface area contributed by atoms with Crippen LogP contribution < -0.4 is 9.47 Å². The highest BCUT2D eigenvalue weighted by atomic mass is 16.5. The zero-order valence-corrected chi connectivity index (χ0v) is 14.3. The third-order valence-corrected chi connectivity index (χ3v) is 5.36. The molecule has 130 valence electrons. The number of fused-ring (bicyclic) bond motifs is 2. The van der Waals surface area contributed by atoms with Crippen LogP contribution >= 0.6 is 0 Å². The second kappa shape index (κ2) is 6.75. The summed E-state index contributed by atoms with van der Waals surface area (Å²) in [6, 6.07) is 11.6. The number of amides is 1. The molecule has 5 heteroatoms. The fraction of sp³-hybridized carbons (Fsp3) is 0.400. The van der Waals surface area contributed by atoms with Crippen LogP contribution in [0.3, 0.4) is 0 Å². The minimum atomic E-state index is 0.0915. The van der Waals surface area contributed by atoms with Crippen LogP contribution in [-0.4, -0.2) is 41.6 Å². The fourth-order valence-electron chi connectivity index (χ4n) is 4.14. The van der Waals surface area contributed by atoms with Crippen molar-refractivity contribution in [3.63, 3.8) is 0 Å². The van der Waals surface area contributed by atoms with Crippen LogP contribution in [0.5, 0.6) is 11.5 Å². The first-order valence-electron chi connectivity index (χ1n) is 8.76. The molecule has 3 atom stereocenters. The first kappa shape index (κ1) is 15.9. The Labute approximate surface area is 147 Å². The van der Waals surface area contributed by atoms with Gasteiger partial charge in [0.1, 0.15) is 18.1 Å². The van der Waals surface area contributed by atoms with Crippen molar-refractivity contribution in [2.24, 2.45) is 5.92 Å². The van der Waals surface area contributed by atoms with E-state index in [0.29, 0.717) is 24.1 Å². The van der Waals surface area contributed by atoms with Gasteiger partial charge in [-0.05, 0) is 49.4 Å². The fourth-order valence-corrected chi connectivity index (χ4v) is 4.14. The van der Waals surface area contributed by atoms with Crippen LogP contribution in [0.15, 0.2) is 48.8 Å². The van der Waals surface area contributed by atoms with Crippen LogP contribution in [-0.2, 0) is 0 Å². The molecule has 1 amide bonds. The van der Waals surface area contributed by atoms with E-state index in [2.05, 4.69) is 4.98 Å². The SMILES string of the molecule is COc1cccc(OC[C@H]2C3CCC(C3)N2C(=O)c2ccncc2)c1. The topological polar surface area (TPSA) is 51.7 Å². The molecule has 2 fully saturated rings. The van der Waals surface area contributed by atoms with E-state index in [0.717, 1.165) is 24.3 Å². The molecule has 2 aliphatic rings. The average molecular weight is 338 g/mol. The third-order valence-electron chi connectivity index (χ3n) is 5.36. The van der Waals surface area contributed by atoms with E-state index in [1.54, 1.807) is 31.6 Å². The molecule has 25 heavy (non-hydrogen) atoms. The molecular weight excluding hydrogens is 316 g/mol. The molecule has 5 nitrogen and oxygen atoms in total. The lowest BCUT2D eigenvalue weighted by Crippen LogP contribution is -2.47. The first-order chi connectivity index (χ1) is 12.3. The molecule has 4 rings (SSSR count). The summed E-state index contributed by atoms with van der Waals surface area (Å²) in [6.07, 6.45) is 6.70. The Morgan fingerprint density at radius 2 is 2.00 bits per heavy atom. The monoisotopic (exact) mass is 338 g/mol. The van der Waals surface area contributed by atoms with Crippen molar-refractivity contribution in [3.8, 4) is 11.5 Å². The Morgan fingerprint density at radius 1 is 1.20 bits per heavy atom. The molecule has 0 N–H and O–H groups in total. The number of piperidine rings is 1. The number of carbonyl (C=O) groups is 1. The molecule has 0 radical (unpaired) electrons. The molecule has 2 aromatic rings. The van der Waals surface area contributed by atoms with Crippen molar-refractivity contribution in [1.29, 1.82) is 0 Å². The molecule has 1 aromatic heterocycles. The second-order valence-corrected chi connectivity index (χ2v) is 6.73. The van der Waals surface area contributed by atoms with Crippen molar-refractivity contribution >= 4 is 5.91 Å². The van der Waals surface area contributed by atoms with Gasteiger partial charge in [-0.25, -0.2) is 0 Å². The van der Waals surface area contributed by atoms with Gasteiger partial charge in [-0.2, -0.15) is 0 Å². The highest BCUT2D eigenvalue weighted by molar-refractivity contribution is 5.94. The Bertz CT molecular complexity index is 750. The summed E-state index contributed by atoms with van der Waals surface area (Å²) in [6.45, 7) is 0.519. The molecule has 1 aliphatic heterocycles. The quantitative estimate of drug-likeness (QED) is 0.840. The summed E-state index contributed by atoms with van der Waals surface area (Å²) in [5.41, 5.74) is 0.703. The average Bonchev–Trinajstić information content (AvgIpc) is 3.28. The van der Waals surface area contributed by atoms with E-state index < -0.39 is 0 Å². The van der Waals surface area contributed by atoms with Crippen LogP contribution in [0.1, 0.15) is 29.6 Å². The molecule has 1 aliphatic carbocycles. The summed E-state index contributed by atoms with van der Waals surface area (Å²) >= 11 is 0. The van der Waals surface area contributed by atoms with Crippen molar-refractivity contribution in [2.75, 3.05) is 13.7 Å². The zero-order chi connectivity index (χ0) is 17.2. The van der Waals surface area contributed by atoms with Gasteiger partial charge < -0.3 is 14.4 Å². The van der Waals surface area contributed by atoms with Gasteiger partial charge in [0, 0.05) is 30.1 Å². The zero-order valence-electron chi connectivity index (χ0n) is 14.3. The predicted molar refractivity (Wildman–Crippen MR) is 93.8 cm³/mol. The molecular formula is C20H22N2O3. The number of methoxy groups -OCH3 is 1. The number of pyridine rings is 1. The number of rotatable bonds is 5.